The topological polar surface area (TPSA) is 76.1 Å². The number of rotatable bonds is 5. The summed E-state index contributed by atoms with van der Waals surface area (Å²) in [5.74, 6) is -0.907. The number of carboxylic acid groups (broad SMARTS) is 1. The summed E-state index contributed by atoms with van der Waals surface area (Å²) in [6.07, 6.45) is 2.39. The third-order valence-electron chi connectivity index (χ3n) is 3.31. The van der Waals surface area contributed by atoms with Crippen molar-refractivity contribution in [3.63, 3.8) is 0 Å². The number of carbonyl (C=O) groups is 2. The molecule has 6 heteroatoms. The summed E-state index contributed by atoms with van der Waals surface area (Å²) in [6, 6.07) is 0. The summed E-state index contributed by atoms with van der Waals surface area (Å²) in [5.41, 5.74) is -1.60. The molecule has 1 saturated carbocycles. The van der Waals surface area contributed by atoms with Gasteiger partial charge < -0.3 is 19.5 Å². The molecule has 1 fully saturated rings. The van der Waals surface area contributed by atoms with Crippen LogP contribution in [0.5, 0.6) is 0 Å². The maximum Gasteiger partial charge on any atom is 0.410 e. The van der Waals surface area contributed by atoms with E-state index in [1.54, 1.807) is 27.8 Å². The zero-order valence-corrected chi connectivity index (χ0v) is 12.8. The molecule has 6 nitrogen and oxygen atoms in total. The molecule has 0 atom stereocenters. The van der Waals surface area contributed by atoms with E-state index in [0.717, 1.165) is 12.8 Å². The molecule has 1 N–H and O–H groups in total. The molecule has 116 valence electrons. The highest BCUT2D eigenvalue weighted by Gasteiger charge is 2.42. The SMILES string of the molecule is CN(CCOC1(C(=O)O)CCCC1)C(=O)OC(C)(C)C. The van der Waals surface area contributed by atoms with Gasteiger partial charge in [-0.1, -0.05) is 0 Å². The Kier molecular flexibility index (Phi) is 5.39. The molecule has 0 aromatic heterocycles. The van der Waals surface area contributed by atoms with Gasteiger partial charge in [-0.15, -0.1) is 0 Å². The van der Waals surface area contributed by atoms with Crippen LogP contribution in [0.15, 0.2) is 0 Å². The first kappa shape index (κ1) is 16.8. The number of amides is 1. The Bertz CT molecular complexity index is 355. The molecule has 1 aliphatic carbocycles. The second kappa shape index (κ2) is 6.43. The lowest BCUT2D eigenvalue weighted by Gasteiger charge is -2.27. The predicted molar refractivity (Wildman–Crippen MR) is 73.7 cm³/mol. The number of ether oxygens (including phenoxy) is 2. The fourth-order valence-corrected chi connectivity index (χ4v) is 2.18. The summed E-state index contributed by atoms with van der Waals surface area (Å²) in [5, 5.41) is 9.26. The zero-order valence-electron chi connectivity index (χ0n) is 12.8. The fraction of sp³-hybridized carbons (Fsp3) is 0.857. The standard InChI is InChI=1S/C14H25NO5/c1-13(2,3)20-12(18)15(4)9-10-19-14(11(16)17)7-5-6-8-14/h5-10H2,1-4H3,(H,16,17). The average molecular weight is 287 g/mol. The molecule has 1 rings (SSSR count). The number of likely N-dealkylation sites (N-methyl/N-ethyl adjacent to an activating group) is 1. The summed E-state index contributed by atoms with van der Waals surface area (Å²) in [7, 11) is 1.61. The fourth-order valence-electron chi connectivity index (χ4n) is 2.18. The predicted octanol–water partition coefficient (Wildman–Crippen LogP) is 2.27. The van der Waals surface area contributed by atoms with Crippen molar-refractivity contribution in [1.82, 2.24) is 4.90 Å². The van der Waals surface area contributed by atoms with E-state index in [-0.39, 0.29) is 6.61 Å². The Morgan fingerprint density at radius 3 is 2.25 bits per heavy atom. The van der Waals surface area contributed by atoms with Crippen molar-refractivity contribution in [2.45, 2.75) is 57.7 Å². The molecule has 0 spiro atoms. The lowest BCUT2D eigenvalue weighted by Crippen LogP contribution is -2.42. The summed E-state index contributed by atoms with van der Waals surface area (Å²) >= 11 is 0. The molecular weight excluding hydrogens is 262 g/mol. The Balaban J connectivity index is 2.39. The van der Waals surface area contributed by atoms with Crippen molar-refractivity contribution < 1.29 is 24.2 Å². The van der Waals surface area contributed by atoms with Crippen molar-refractivity contribution >= 4 is 12.1 Å². The van der Waals surface area contributed by atoms with Crippen molar-refractivity contribution in [2.75, 3.05) is 20.2 Å². The van der Waals surface area contributed by atoms with Crippen LogP contribution in [0.3, 0.4) is 0 Å². The summed E-state index contributed by atoms with van der Waals surface area (Å²) in [6.45, 7) is 5.90. The highest BCUT2D eigenvalue weighted by Crippen LogP contribution is 2.33. The number of carboxylic acids is 1. The van der Waals surface area contributed by atoms with Crippen LogP contribution in [0.25, 0.3) is 0 Å². The summed E-state index contributed by atoms with van der Waals surface area (Å²) in [4.78, 5) is 24.4. The van der Waals surface area contributed by atoms with E-state index in [1.807, 2.05) is 0 Å². The van der Waals surface area contributed by atoms with E-state index in [1.165, 1.54) is 4.90 Å². The zero-order chi connectivity index (χ0) is 15.4. The van der Waals surface area contributed by atoms with Gasteiger partial charge in [0.15, 0.2) is 5.60 Å². The molecule has 0 aromatic rings. The van der Waals surface area contributed by atoms with Gasteiger partial charge >= 0.3 is 12.1 Å². The third-order valence-corrected chi connectivity index (χ3v) is 3.31. The third kappa shape index (κ3) is 4.67. The van der Waals surface area contributed by atoms with Crippen molar-refractivity contribution in [3.05, 3.63) is 0 Å². The van der Waals surface area contributed by atoms with Crippen LogP contribution in [-0.4, -0.2) is 53.5 Å². The Labute approximate surface area is 120 Å². The Hall–Kier alpha value is -1.30. The van der Waals surface area contributed by atoms with Crippen LogP contribution in [0.2, 0.25) is 0 Å². The molecule has 1 amide bonds. The second-order valence-corrected chi connectivity index (χ2v) is 6.26. The van der Waals surface area contributed by atoms with Gasteiger partial charge in [-0.05, 0) is 46.5 Å². The van der Waals surface area contributed by atoms with E-state index in [0.29, 0.717) is 19.4 Å². The van der Waals surface area contributed by atoms with Gasteiger partial charge in [0.1, 0.15) is 5.60 Å². The molecule has 20 heavy (non-hydrogen) atoms. The highest BCUT2D eigenvalue weighted by molar-refractivity contribution is 5.77. The number of hydrogen-bond donors (Lipinski definition) is 1. The molecule has 0 aliphatic heterocycles. The minimum absolute atomic E-state index is 0.196. The molecule has 0 aromatic carbocycles. The number of hydrogen-bond acceptors (Lipinski definition) is 4. The molecule has 0 radical (unpaired) electrons. The first-order valence-corrected chi connectivity index (χ1v) is 6.98. The molecular formula is C14H25NO5. The van der Waals surface area contributed by atoms with Gasteiger partial charge in [0.05, 0.1) is 6.61 Å². The van der Waals surface area contributed by atoms with Crippen LogP contribution >= 0.6 is 0 Å². The lowest BCUT2D eigenvalue weighted by molar-refractivity contribution is -0.165. The molecule has 1 aliphatic rings. The maximum absolute atomic E-state index is 11.7. The van der Waals surface area contributed by atoms with E-state index in [4.69, 9.17) is 9.47 Å². The molecule has 0 heterocycles. The molecule has 0 unspecified atom stereocenters. The van der Waals surface area contributed by atoms with E-state index >= 15 is 0 Å². The monoisotopic (exact) mass is 287 g/mol. The molecule has 0 saturated heterocycles. The van der Waals surface area contributed by atoms with Gasteiger partial charge in [0, 0.05) is 13.6 Å². The molecule has 0 bridgehead atoms. The first-order chi connectivity index (χ1) is 9.16. The average Bonchev–Trinajstić information content (AvgIpc) is 2.76. The Morgan fingerprint density at radius 2 is 1.80 bits per heavy atom. The normalized spacial score (nSPS) is 17.8. The smallest absolute Gasteiger partial charge is 0.410 e. The highest BCUT2D eigenvalue weighted by atomic mass is 16.6. The summed E-state index contributed by atoms with van der Waals surface area (Å²) < 4.78 is 10.8. The van der Waals surface area contributed by atoms with E-state index < -0.39 is 23.3 Å². The van der Waals surface area contributed by atoms with Crippen LogP contribution in [-0.2, 0) is 14.3 Å². The first-order valence-electron chi connectivity index (χ1n) is 6.98. The maximum atomic E-state index is 11.7. The van der Waals surface area contributed by atoms with Crippen molar-refractivity contribution in [3.8, 4) is 0 Å². The van der Waals surface area contributed by atoms with E-state index in [9.17, 15) is 14.7 Å². The minimum atomic E-state index is -1.06. The van der Waals surface area contributed by atoms with Gasteiger partial charge in [-0.2, -0.15) is 0 Å². The van der Waals surface area contributed by atoms with Crippen molar-refractivity contribution in [1.29, 1.82) is 0 Å². The van der Waals surface area contributed by atoms with Gasteiger partial charge in [-0.25, -0.2) is 9.59 Å². The van der Waals surface area contributed by atoms with Gasteiger partial charge in [0.2, 0.25) is 0 Å². The number of carbonyl (C=O) groups excluding carboxylic acids is 1. The quantitative estimate of drug-likeness (QED) is 0.839. The largest absolute Gasteiger partial charge is 0.479 e. The van der Waals surface area contributed by atoms with Crippen LogP contribution in [0.1, 0.15) is 46.5 Å². The number of nitrogens with zero attached hydrogens (tertiary/aromatic N) is 1. The van der Waals surface area contributed by atoms with Crippen LogP contribution in [0, 0.1) is 0 Å². The van der Waals surface area contributed by atoms with Gasteiger partial charge in [-0.3, -0.25) is 0 Å². The van der Waals surface area contributed by atoms with Crippen molar-refractivity contribution in [2.24, 2.45) is 0 Å². The Morgan fingerprint density at radius 1 is 1.25 bits per heavy atom. The van der Waals surface area contributed by atoms with Crippen LogP contribution < -0.4 is 0 Å². The van der Waals surface area contributed by atoms with Crippen LogP contribution in [0.4, 0.5) is 4.79 Å². The number of aliphatic carboxylic acids is 1. The minimum Gasteiger partial charge on any atom is -0.479 e. The lowest BCUT2D eigenvalue weighted by atomic mass is 10.0. The second-order valence-electron chi connectivity index (χ2n) is 6.26. The van der Waals surface area contributed by atoms with Gasteiger partial charge in [0.25, 0.3) is 0 Å². The van der Waals surface area contributed by atoms with E-state index in [2.05, 4.69) is 0 Å².